The first-order chi connectivity index (χ1) is 11.7. The second-order valence-corrected chi connectivity index (χ2v) is 8.27. The van der Waals surface area contributed by atoms with Crippen LogP contribution < -0.4 is 15.4 Å². The Morgan fingerprint density at radius 3 is 2.54 bits per heavy atom. The minimum atomic E-state index is -3.27. The number of halogens is 1. The lowest BCUT2D eigenvalue weighted by molar-refractivity contribution is 0.446. The molecule has 2 rings (SSSR count). The van der Waals surface area contributed by atoms with Crippen molar-refractivity contribution >= 4 is 50.9 Å². The third kappa shape index (κ3) is 7.04. The molecule has 0 atom stereocenters. The molecule has 1 aromatic carbocycles. The highest BCUT2D eigenvalue weighted by Crippen LogP contribution is 2.15. The topological polar surface area (TPSA) is 95.5 Å². The fourth-order valence-electron chi connectivity index (χ4n) is 2.55. The molecule has 0 bridgehead atoms. The molecule has 1 aromatic heterocycles. The predicted octanol–water partition coefficient (Wildman–Crippen LogP) is 1.85. The molecule has 2 aromatic rings. The Labute approximate surface area is 172 Å². The monoisotopic (exact) mass is 491 g/mol. The normalized spacial score (nSPS) is 12.5. The van der Waals surface area contributed by atoms with E-state index in [0.717, 1.165) is 22.7 Å². The van der Waals surface area contributed by atoms with Crippen molar-refractivity contribution in [2.45, 2.75) is 25.9 Å². The van der Waals surface area contributed by atoms with Crippen LogP contribution in [0, 0.1) is 0 Å². The molecule has 0 amide bonds. The second-order valence-electron chi connectivity index (χ2n) is 6.52. The Kier molecular flexibility index (Phi) is 8.22. The van der Waals surface area contributed by atoms with E-state index in [9.17, 15) is 8.42 Å². The van der Waals surface area contributed by atoms with Crippen LogP contribution in [-0.4, -0.2) is 44.7 Å². The van der Waals surface area contributed by atoms with E-state index in [2.05, 4.69) is 25.3 Å². The summed E-state index contributed by atoms with van der Waals surface area (Å²) in [5.74, 6) is 0.601. The van der Waals surface area contributed by atoms with Gasteiger partial charge in [-0.1, -0.05) is 18.2 Å². The number of aliphatic imine (C=N–C) groups is 1. The van der Waals surface area contributed by atoms with E-state index < -0.39 is 15.6 Å². The Morgan fingerprint density at radius 1 is 1.19 bits per heavy atom. The van der Waals surface area contributed by atoms with E-state index >= 15 is 0 Å². The fourth-order valence-corrected chi connectivity index (χ4v) is 3.63. The maximum Gasteiger partial charge on any atom is 0.209 e. The maximum absolute atomic E-state index is 11.4. The molecular formula is C17H26IN5O2S. The van der Waals surface area contributed by atoms with Gasteiger partial charge in [0.25, 0.3) is 0 Å². The number of para-hydroxylation sites is 1. The van der Waals surface area contributed by atoms with Crippen molar-refractivity contribution in [1.82, 2.24) is 20.3 Å². The molecule has 0 aliphatic carbocycles. The van der Waals surface area contributed by atoms with Crippen LogP contribution in [0.15, 0.2) is 41.5 Å². The predicted molar refractivity (Wildman–Crippen MR) is 117 cm³/mol. The number of hydrogen-bond acceptors (Lipinski definition) is 4. The van der Waals surface area contributed by atoms with E-state index in [1.807, 2.05) is 44.2 Å². The van der Waals surface area contributed by atoms with Crippen LogP contribution in [0.3, 0.4) is 0 Å². The summed E-state index contributed by atoms with van der Waals surface area (Å²) in [7, 11) is -1.60. The van der Waals surface area contributed by atoms with Crippen LogP contribution in [0.4, 0.5) is 0 Å². The highest BCUT2D eigenvalue weighted by Gasteiger charge is 2.22. The van der Waals surface area contributed by atoms with Crippen molar-refractivity contribution < 1.29 is 8.42 Å². The molecule has 144 valence electrons. The van der Waals surface area contributed by atoms with E-state index in [1.54, 1.807) is 13.2 Å². The number of fused-ring (bicyclic) bond motifs is 1. The van der Waals surface area contributed by atoms with Gasteiger partial charge in [-0.15, -0.1) is 24.0 Å². The highest BCUT2D eigenvalue weighted by atomic mass is 127. The first-order valence-electron chi connectivity index (χ1n) is 7.96. The number of guanidine groups is 1. The number of hydrogen-bond donors (Lipinski definition) is 3. The standard InChI is InChI=1S/C17H25N5O2S.HI/c1-17(2,22-25(4,23)24)12-21-16(18-3)20-11-13-9-10-19-15-8-6-5-7-14(13)15;/h5-10,22H,11-12H2,1-4H3,(H2,18,20,21);1H. The van der Waals surface area contributed by atoms with Crippen LogP contribution in [0.2, 0.25) is 0 Å². The molecule has 26 heavy (non-hydrogen) atoms. The average Bonchev–Trinajstić information content (AvgIpc) is 2.53. The molecule has 0 unspecified atom stereocenters. The molecule has 1 heterocycles. The van der Waals surface area contributed by atoms with Crippen molar-refractivity contribution in [3.63, 3.8) is 0 Å². The maximum atomic E-state index is 11.4. The zero-order valence-electron chi connectivity index (χ0n) is 15.4. The summed E-state index contributed by atoms with van der Waals surface area (Å²) in [6.07, 6.45) is 2.94. The first-order valence-corrected chi connectivity index (χ1v) is 9.85. The van der Waals surface area contributed by atoms with Gasteiger partial charge in [0.05, 0.1) is 11.8 Å². The molecule has 0 aliphatic rings. The van der Waals surface area contributed by atoms with E-state index in [4.69, 9.17) is 0 Å². The van der Waals surface area contributed by atoms with Gasteiger partial charge in [-0.2, -0.15) is 0 Å². The summed E-state index contributed by atoms with van der Waals surface area (Å²) in [5, 5.41) is 7.48. The Balaban J connectivity index is 0.00000338. The van der Waals surface area contributed by atoms with Crippen molar-refractivity contribution in [3.8, 4) is 0 Å². The van der Waals surface area contributed by atoms with Crippen molar-refractivity contribution in [3.05, 3.63) is 42.1 Å². The number of sulfonamides is 1. The molecule has 0 saturated heterocycles. The molecule has 0 spiro atoms. The van der Waals surface area contributed by atoms with Crippen LogP contribution in [0.5, 0.6) is 0 Å². The zero-order valence-corrected chi connectivity index (χ0v) is 18.6. The molecule has 0 fully saturated rings. The third-order valence-corrected chi connectivity index (χ3v) is 4.49. The SMILES string of the molecule is CN=C(NCc1ccnc2ccccc12)NCC(C)(C)NS(C)(=O)=O.I. The number of rotatable bonds is 6. The minimum absolute atomic E-state index is 0. The van der Waals surface area contributed by atoms with Crippen LogP contribution in [0.1, 0.15) is 19.4 Å². The summed E-state index contributed by atoms with van der Waals surface area (Å²) in [5.41, 5.74) is 1.43. The quantitative estimate of drug-likeness (QED) is 0.326. The Morgan fingerprint density at radius 2 is 1.88 bits per heavy atom. The lowest BCUT2D eigenvalue weighted by atomic mass is 10.1. The Hall–Kier alpha value is -1.46. The summed E-state index contributed by atoms with van der Waals surface area (Å²) in [6, 6.07) is 9.93. The van der Waals surface area contributed by atoms with Gasteiger partial charge >= 0.3 is 0 Å². The minimum Gasteiger partial charge on any atom is -0.355 e. The molecule has 9 heteroatoms. The molecular weight excluding hydrogens is 465 g/mol. The number of nitrogens with one attached hydrogen (secondary N) is 3. The lowest BCUT2D eigenvalue weighted by Crippen LogP contribution is -2.52. The van der Waals surface area contributed by atoms with Crippen LogP contribution in [0.25, 0.3) is 10.9 Å². The fraction of sp³-hybridized carbons (Fsp3) is 0.412. The average molecular weight is 491 g/mol. The molecule has 7 nitrogen and oxygen atoms in total. The summed E-state index contributed by atoms with van der Waals surface area (Å²) >= 11 is 0. The third-order valence-electron chi connectivity index (χ3n) is 3.57. The van der Waals surface area contributed by atoms with Gasteiger partial charge < -0.3 is 10.6 Å². The summed E-state index contributed by atoms with van der Waals surface area (Å²) in [6.45, 7) is 4.61. The van der Waals surface area contributed by atoms with Gasteiger partial charge in [0.2, 0.25) is 10.0 Å². The smallest absolute Gasteiger partial charge is 0.209 e. The second kappa shape index (κ2) is 9.47. The number of nitrogens with zero attached hydrogens (tertiary/aromatic N) is 2. The van der Waals surface area contributed by atoms with Gasteiger partial charge in [-0.05, 0) is 31.5 Å². The van der Waals surface area contributed by atoms with Gasteiger partial charge in [0, 0.05) is 37.3 Å². The van der Waals surface area contributed by atoms with Gasteiger partial charge in [-0.25, -0.2) is 13.1 Å². The molecule has 0 saturated carbocycles. The van der Waals surface area contributed by atoms with Crippen molar-refractivity contribution in [2.75, 3.05) is 19.8 Å². The number of pyridine rings is 1. The van der Waals surface area contributed by atoms with Crippen LogP contribution in [-0.2, 0) is 16.6 Å². The summed E-state index contributed by atoms with van der Waals surface area (Å²) in [4.78, 5) is 8.54. The number of aromatic nitrogens is 1. The zero-order chi connectivity index (χ0) is 18.5. The lowest BCUT2D eigenvalue weighted by Gasteiger charge is -2.26. The molecule has 0 aliphatic heterocycles. The number of benzene rings is 1. The molecule has 0 radical (unpaired) electrons. The van der Waals surface area contributed by atoms with Crippen molar-refractivity contribution in [1.29, 1.82) is 0 Å². The van der Waals surface area contributed by atoms with E-state index in [0.29, 0.717) is 19.0 Å². The van der Waals surface area contributed by atoms with Crippen LogP contribution >= 0.6 is 24.0 Å². The van der Waals surface area contributed by atoms with Crippen molar-refractivity contribution in [2.24, 2.45) is 4.99 Å². The van der Waals surface area contributed by atoms with Gasteiger partial charge in [0.15, 0.2) is 5.96 Å². The van der Waals surface area contributed by atoms with Gasteiger partial charge in [0.1, 0.15) is 0 Å². The van der Waals surface area contributed by atoms with E-state index in [-0.39, 0.29) is 24.0 Å². The Bertz CT molecular complexity index is 863. The van der Waals surface area contributed by atoms with E-state index in [1.165, 1.54) is 0 Å². The largest absolute Gasteiger partial charge is 0.355 e. The first kappa shape index (κ1) is 22.6. The molecule has 3 N–H and O–H groups in total. The van der Waals surface area contributed by atoms with Gasteiger partial charge in [-0.3, -0.25) is 9.98 Å². The summed E-state index contributed by atoms with van der Waals surface area (Å²) < 4.78 is 25.4. The highest BCUT2D eigenvalue weighted by molar-refractivity contribution is 14.0.